The third-order valence-electron chi connectivity index (χ3n) is 3.51. The Morgan fingerprint density at radius 3 is 2.64 bits per heavy atom. The van der Waals surface area contributed by atoms with Crippen molar-refractivity contribution in [2.75, 3.05) is 7.11 Å². The lowest BCUT2D eigenvalue weighted by Gasteiger charge is -2.00. The molecule has 1 fully saturated rings. The number of rotatable bonds is 3. The number of esters is 1. The van der Waals surface area contributed by atoms with Crippen LogP contribution in [-0.4, -0.2) is 24.2 Å². The van der Waals surface area contributed by atoms with Crippen molar-refractivity contribution in [1.29, 1.82) is 0 Å². The Morgan fingerprint density at radius 2 is 1.96 bits per heavy atom. The fourth-order valence-corrected chi connectivity index (χ4v) is 3.12. The van der Waals surface area contributed by atoms with E-state index in [9.17, 15) is 9.59 Å². The minimum absolute atomic E-state index is 0.187. The van der Waals surface area contributed by atoms with Gasteiger partial charge in [-0.3, -0.25) is 4.79 Å². The van der Waals surface area contributed by atoms with Gasteiger partial charge < -0.3 is 10.1 Å². The smallest absolute Gasteiger partial charge is 0.337 e. The zero-order valence-corrected chi connectivity index (χ0v) is 14.6. The Hall–Kier alpha value is -2.86. The molecule has 0 aromatic heterocycles. The van der Waals surface area contributed by atoms with Crippen LogP contribution < -0.4 is 5.32 Å². The summed E-state index contributed by atoms with van der Waals surface area (Å²) in [5.41, 5.74) is 3.20. The zero-order chi connectivity index (χ0) is 17.8. The highest BCUT2D eigenvalue weighted by Crippen LogP contribution is 2.28. The molecule has 6 heteroatoms. The Balaban J connectivity index is 1.78. The number of aryl methyl sites for hydroxylation is 1. The molecule has 25 heavy (non-hydrogen) atoms. The third kappa shape index (κ3) is 4.16. The van der Waals surface area contributed by atoms with Crippen molar-refractivity contribution < 1.29 is 14.3 Å². The van der Waals surface area contributed by atoms with E-state index in [1.807, 2.05) is 31.2 Å². The second kappa shape index (κ2) is 7.36. The van der Waals surface area contributed by atoms with Crippen molar-refractivity contribution >= 4 is 40.6 Å². The van der Waals surface area contributed by atoms with E-state index in [0.29, 0.717) is 15.6 Å². The number of ether oxygens (including phenoxy) is 1. The highest BCUT2D eigenvalue weighted by atomic mass is 32.2. The molecule has 0 aliphatic carbocycles. The van der Waals surface area contributed by atoms with Crippen LogP contribution in [0.4, 0.5) is 5.69 Å². The van der Waals surface area contributed by atoms with Gasteiger partial charge in [0.2, 0.25) is 0 Å². The summed E-state index contributed by atoms with van der Waals surface area (Å²) in [6.45, 7) is 1.99. The molecule has 1 amide bonds. The molecule has 126 valence electrons. The molecule has 5 nitrogen and oxygen atoms in total. The number of thioether (sulfide) groups is 1. The fraction of sp³-hybridized carbons (Fsp3) is 0.105. The van der Waals surface area contributed by atoms with Gasteiger partial charge in [0.05, 0.1) is 23.3 Å². The molecule has 0 spiro atoms. The summed E-state index contributed by atoms with van der Waals surface area (Å²) in [7, 11) is 1.34. The largest absolute Gasteiger partial charge is 0.465 e. The summed E-state index contributed by atoms with van der Waals surface area (Å²) in [5, 5.41) is 3.31. The second-order valence-electron chi connectivity index (χ2n) is 5.43. The molecule has 0 saturated carbocycles. The van der Waals surface area contributed by atoms with Crippen molar-refractivity contribution in [3.05, 3.63) is 70.1 Å². The number of hydrogen-bond acceptors (Lipinski definition) is 5. The molecule has 0 radical (unpaired) electrons. The van der Waals surface area contributed by atoms with Crippen LogP contribution in [0, 0.1) is 6.92 Å². The van der Waals surface area contributed by atoms with Gasteiger partial charge in [-0.1, -0.05) is 24.3 Å². The maximum Gasteiger partial charge on any atom is 0.337 e. The third-order valence-corrected chi connectivity index (χ3v) is 4.42. The van der Waals surface area contributed by atoms with Gasteiger partial charge in [0.25, 0.3) is 5.91 Å². The fourth-order valence-electron chi connectivity index (χ4n) is 2.28. The molecular formula is C19H16N2O3S. The first kappa shape index (κ1) is 17.0. The summed E-state index contributed by atoms with van der Waals surface area (Å²) in [6, 6.07) is 14.6. The highest BCUT2D eigenvalue weighted by molar-refractivity contribution is 8.18. The molecule has 3 rings (SSSR count). The molecule has 1 saturated heterocycles. The van der Waals surface area contributed by atoms with Crippen LogP contribution in [0.25, 0.3) is 6.08 Å². The van der Waals surface area contributed by atoms with Gasteiger partial charge in [-0.25, -0.2) is 9.79 Å². The lowest BCUT2D eigenvalue weighted by Crippen LogP contribution is -2.19. The molecule has 1 aliphatic heterocycles. The van der Waals surface area contributed by atoms with Crippen molar-refractivity contribution in [1.82, 2.24) is 5.32 Å². The summed E-state index contributed by atoms with van der Waals surface area (Å²) in [4.78, 5) is 28.6. The number of carbonyl (C=O) groups is 2. The Kier molecular flexibility index (Phi) is 5.00. The molecule has 0 bridgehead atoms. The monoisotopic (exact) mass is 352 g/mol. The lowest BCUT2D eigenvalue weighted by atomic mass is 10.1. The first-order valence-electron chi connectivity index (χ1n) is 7.60. The van der Waals surface area contributed by atoms with Crippen LogP contribution in [0.1, 0.15) is 21.5 Å². The summed E-state index contributed by atoms with van der Waals surface area (Å²) >= 11 is 1.29. The van der Waals surface area contributed by atoms with Gasteiger partial charge in [0, 0.05) is 0 Å². The van der Waals surface area contributed by atoms with Crippen molar-refractivity contribution in [3.63, 3.8) is 0 Å². The van der Waals surface area contributed by atoms with Gasteiger partial charge in [0.1, 0.15) is 0 Å². The van der Waals surface area contributed by atoms with E-state index in [2.05, 4.69) is 15.0 Å². The van der Waals surface area contributed by atoms with Gasteiger partial charge in [-0.05, 0) is 60.2 Å². The predicted octanol–water partition coefficient (Wildman–Crippen LogP) is 3.67. The normalized spacial score (nSPS) is 17.0. The number of amidine groups is 1. The maximum absolute atomic E-state index is 12.1. The standard InChI is InChI=1S/C19H16N2O3S/c1-12-4-3-5-15(10-12)20-19-21-17(22)16(25-19)11-13-6-8-14(9-7-13)18(23)24-2/h3-11H,1-2H3,(H,20,21,22)/b16-11-. The van der Waals surface area contributed by atoms with Crippen LogP contribution in [0.2, 0.25) is 0 Å². The quantitative estimate of drug-likeness (QED) is 0.676. The first-order valence-corrected chi connectivity index (χ1v) is 8.41. The second-order valence-corrected chi connectivity index (χ2v) is 6.46. The number of amides is 1. The summed E-state index contributed by atoms with van der Waals surface area (Å²) in [5.74, 6) is -0.576. The van der Waals surface area contributed by atoms with E-state index in [-0.39, 0.29) is 11.9 Å². The van der Waals surface area contributed by atoms with Crippen LogP contribution >= 0.6 is 11.8 Å². The summed E-state index contributed by atoms with van der Waals surface area (Å²) < 4.78 is 4.67. The maximum atomic E-state index is 12.1. The van der Waals surface area contributed by atoms with Crippen molar-refractivity contribution in [2.24, 2.45) is 4.99 Å². The first-order chi connectivity index (χ1) is 12.0. The number of aliphatic imine (C=N–C) groups is 1. The van der Waals surface area contributed by atoms with Gasteiger partial charge in [-0.15, -0.1) is 0 Å². The van der Waals surface area contributed by atoms with Gasteiger partial charge in [0.15, 0.2) is 5.17 Å². The van der Waals surface area contributed by atoms with Gasteiger partial charge in [-0.2, -0.15) is 0 Å². The average Bonchev–Trinajstić information content (AvgIpc) is 2.94. The van der Waals surface area contributed by atoms with Gasteiger partial charge >= 0.3 is 5.97 Å². The van der Waals surface area contributed by atoms with E-state index in [1.54, 1.807) is 30.3 Å². The molecule has 1 aliphatic rings. The Bertz CT molecular complexity index is 886. The molecule has 1 heterocycles. The van der Waals surface area contributed by atoms with Crippen molar-refractivity contribution in [2.45, 2.75) is 6.92 Å². The van der Waals surface area contributed by atoms with E-state index in [4.69, 9.17) is 0 Å². The molecule has 0 atom stereocenters. The minimum atomic E-state index is -0.389. The predicted molar refractivity (Wildman–Crippen MR) is 99.8 cm³/mol. The Morgan fingerprint density at radius 1 is 1.20 bits per heavy atom. The molecular weight excluding hydrogens is 336 g/mol. The number of nitrogens with one attached hydrogen (secondary N) is 1. The minimum Gasteiger partial charge on any atom is -0.465 e. The van der Waals surface area contributed by atoms with E-state index >= 15 is 0 Å². The zero-order valence-electron chi connectivity index (χ0n) is 13.8. The Labute approximate surface area is 149 Å². The lowest BCUT2D eigenvalue weighted by molar-refractivity contribution is -0.115. The van der Waals surface area contributed by atoms with Crippen molar-refractivity contribution in [3.8, 4) is 0 Å². The van der Waals surface area contributed by atoms with Crippen LogP contribution in [0.15, 0.2) is 58.4 Å². The molecule has 2 aromatic carbocycles. The number of methoxy groups -OCH3 is 1. The summed E-state index contributed by atoms with van der Waals surface area (Å²) in [6.07, 6.45) is 1.76. The number of carbonyl (C=O) groups excluding carboxylic acids is 2. The molecule has 2 aromatic rings. The number of hydrogen-bond donors (Lipinski definition) is 1. The highest BCUT2D eigenvalue weighted by Gasteiger charge is 2.23. The van der Waals surface area contributed by atoms with E-state index in [0.717, 1.165) is 16.8 Å². The topological polar surface area (TPSA) is 67.8 Å². The SMILES string of the molecule is COC(=O)c1ccc(/C=C2\SC(=Nc3cccc(C)c3)NC2=O)cc1. The number of benzene rings is 2. The average molecular weight is 352 g/mol. The number of nitrogens with zero attached hydrogens (tertiary/aromatic N) is 1. The van der Waals surface area contributed by atoms with Crippen LogP contribution in [-0.2, 0) is 9.53 Å². The van der Waals surface area contributed by atoms with E-state index in [1.165, 1.54) is 18.9 Å². The van der Waals surface area contributed by atoms with Crippen LogP contribution in [0.5, 0.6) is 0 Å². The van der Waals surface area contributed by atoms with E-state index < -0.39 is 0 Å². The molecule has 1 N–H and O–H groups in total. The van der Waals surface area contributed by atoms with Crippen LogP contribution in [0.3, 0.4) is 0 Å². The molecule has 0 unspecified atom stereocenters.